The minimum Gasteiger partial charge on any atom is -0.306 e. The molecule has 0 spiro atoms. The molecular formula is HNO2S. The number of rotatable bonds is 0. The van der Waals surface area contributed by atoms with Crippen LogP contribution >= 0.6 is 0 Å². The van der Waals surface area contributed by atoms with Crippen LogP contribution in [-0.2, 0) is 12.8 Å². The minimum atomic E-state index is -0.667. The summed E-state index contributed by atoms with van der Waals surface area (Å²) in [6, 6.07) is 0. The predicted molar refractivity (Wildman–Crippen MR) is 12.8 cm³/mol. The van der Waals surface area contributed by atoms with E-state index in [0.717, 1.165) is 0 Å². The summed E-state index contributed by atoms with van der Waals surface area (Å²) in [4.78, 5) is 8.73. The van der Waals surface area contributed by atoms with Crippen molar-refractivity contribution in [1.29, 1.82) is 0 Å². The molecule has 0 aromatic carbocycles. The van der Waals surface area contributed by atoms with Crippen LogP contribution in [0.5, 0.6) is 0 Å². The molecule has 0 rings (SSSR count). The molecule has 1 N–H and O–H groups in total. The summed E-state index contributed by atoms with van der Waals surface area (Å²) in [7, 11) is 0. The van der Waals surface area contributed by atoms with Crippen LogP contribution in [0.15, 0.2) is 0 Å². The quantitative estimate of drug-likeness (QED) is 0.317. The first-order chi connectivity index (χ1) is 1.73. The lowest BCUT2D eigenvalue weighted by molar-refractivity contribution is -0.661. The zero-order valence-corrected chi connectivity index (χ0v) is 2.53. The highest BCUT2D eigenvalue weighted by Crippen LogP contribution is 1.37. The highest BCUT2D eigenvalue weighted by atomic mass is 32.1. The summed E-state index contributed by atoms with van der Waals surface area (Å²) in [6.45, 7) is 0. The predicted octanol–water partition coefficient (Wildman–Crippen LogP) is -0.384. The van der Waals surface area contributed by atoms with E-state index in [4.69, 9.17) is 10.1 Å². The summed E-state index contributed by atoms with van der Waals surface area (Å²) in [5.41, 5.74) is 0. The van der Waals surface area contributed by atoms with Gasteiger partial charge in [-0.3, -0.25) is 5.21 Å². The molecule has 0 heterocycles. The van der Waals surface area contributed by atoms with Gasteiger partial charge in [0.2, 0.25) is 0 Å². The molecule has 4 heavy (non-hydrogen) atoms. The Bertz CT molecular complexity index is 29.0. The summed E-state index contributed by atoms with van der Waals surface area (Å²) in [5.74, 6) is 0. The molecule has 0 saturated heterocycles. The van der Waals surface area contributed by atoms with E-state index in [2.05, 4.69) is 12.8 Å². The van der Waals surface area contributed by atoms with E-state index in [0.29, 0.717) is 0 Å². The molecule has 0 bridgehead atoms. The number of hydrogen-bond donors (Lipinski definition) is 1. The molecule has 0 aromatic heterocycles. The fourth-order valence-electron chi connectivity index (χ4n) is 0. The lowest BCUT2D eigenvalue weighted by atomic mass is 13.4. The average Bonchev–Trinajstić information content (AvgIpc) is 0.811. The third-order valence-electron chi connectivity index (χ3n) is 0. The first-order valence-corrected chi connectivity index (χ1v) is 0.930. The van der Waals surface area contributed by atoms with Crippen LogP contribution in [0.1, 0.15) is 0 Å². The van der Waals surface area contributed by atoms with Crippen molar-refractivity contribution in [3.05, 3.63) is 4.91 Å². The molecule has 0 saturated carbocycles. The summed E-state index contributed by atoms with van der Waals surface area (Å²) < 4.78 is -0.667. The second-order valence-electron chi connectivity index (χ2n) is 0.238. The van der Waals surface area contributed by atoms with Crippen molar-refractivity contribution in [2.45, 2.75) is 0 Å². The van der Waals surface area contributed by atoms with Crippen molar-refractivity contribution in [3.8, 4) is 0 Å². The molecule has 0 amide bonds. The van der Waals surface area contributed by atoms with E-state index in [-0.39, 0.29) is 0 Å². The molecule has 0 unspecified atom stereocenters. The zero-order chi connectivity index (χ0) is 3.58. The van der Waals surface area contributed by atoms with Crippen LogP contribution in [0.3, 0.4) is 0 Å². The Labute approximate surface area is 28.3 Å². The summed E-state index contributed by atoms with van der Waals surface area (Å²) in [5, 5.41) is 7.15. The fraction of sp³-hybridized carbons (Fsp3) is 0. The molecule has 0 fully saturated rings. The third kappa shape index (κ3) is 4.31. The van der Waals surface area contributed by atoms with Crippen molar-refractivity contribution >= 4 is 12.8 Å². The molecule has 0 radical (unpaired) electrons. The van der Waals surface area contributed by atoms with Crippen LogP contribution in [0.4, 0.5) is 0 Å². The van der Waals surface area contributed by atoms with Gasteiger partial charge in [0.05, 0.1) is 4.91 Å². The summed E-state index contributed by atoms with van der Waals surface area (Å²) in [6.07, 6.45) is 0. The van der Waals surface area contributed by atoms with Gasteiger partial charge < -0.3 is 12.8 Å². The van der Waals surface area contributed by atoms with E-state index < -0.39 is 4.33 Å². The zero-order valence-electron chi connectivity index (χ0n) is 1.71. The molecule has 4 heteroatoms. The van der Waals surface area contributed by atoms with E-state index in [1.165, 1.54) is 0 Å². The minimum absolute atomic E-state index is 0.667. The molecule has 3 nitrogen and oxygen atoms in total. The van der Waals surface area contributed by atoms with Crippen molar-refractivity contribution in [2.24, 2.45) is 0 Å². The lowest BCUT2D eigenvalue weighted by Crippen LogP contribution is -1.82. The highest BCUT2D eigenvalue weighted by molar-refractivity contribution is 7.51. The molecular weight excluding hydrogens is 78.1 g/mol. The maximum absolute atomic E-state index is 8.73. The maximum atomic E-state index is 8.73. The molecule has 0 aromatic rings. The van der Waals surface area contributed by atoms with E-state index in [1.807, 2.05) is 0 Å². The Morgan fingerprint density at radius 1 is 2.00 bits per heavy atom. The van der Waals surface area contributed by atoms with E-state index in [9.17, 15) is 0 Å². The van der Waals surface area contributed by atoms with Gasteiger partial charge in [-0.15, -0.1) is 0 Å². The smallest absolute Gasteiger partial charge is 0.119 e. The van der Waals surface area contributed by atoms with Crippen molar-refractivity contribution in [3.63, 3.8) is 0 Å². The van der Waals surface area contributed by atoms with Gasteiger partial charge in [0, 0.05) is 0 Å². The van der Waals surface area contributed by atoms with Crippen molar-refractivity contribution < 1.29 is 9.54 Å². The SMILES string of the molecule is O=[N+](O)[S-]. The molecule has 0 aliphatic rings. The van der Waals surface area contributed by atoms with E-state index in [1.54, 1.807) is 0 Å². The van der Waals surface area contributed by atoms with Gasteiger partial charge >= 0.3 is 0 Å². The first kappa shape index (κ1) is 3.62. The van der Waals surface area contributed by atoms with Gasteiger partial charge in [-0.1, -0.05) is 0 Å². The fourth-order valence-corrected chi connectivity index (χ4v) is 0. The topological polar surface area (TPSA) is 40.3 Å². The van der Waals surface area contributed by atoms with Gasteiger partial charge in [-0.05, 0) is 0 Å². The second-order valence-corrected chi connectivity index (χ2v) is 0.550. The van der Waals surface area contributed by atoms with E-state index >= 15 is 0 Å². The highest BCUT2D eigenvalue weighted by Gasteiger charge is 1.55. The van der Waals surface area contributed by atoms with Crippen LogP contribution < -0.4 is 0 Å². The Hall–Kier alpha value is -0.380. The number of hydrogen-bond acceptors (Lipinski definition) is 2. The molecule has 0 atom stereocenters. The summed E-state index contributed by atoms with van der Waals surface area (Å²) >= 11 is 3.45. The number of nitrogens with zero attached hydrogens (tertiary/aromatic N) is 1. The van der Waals surface area contributed by atoms with Crippen LogP contribution in [0, 0.1) is 4.91 Å². The van der Waals surface area contributed by atoms with Crippen molar-refractivity contribution in [2.75, 3.05) is 0 Å². The van der Waals surface area contributed by atoms with Gasteiger partial charge in [-0.25, -0.2) is 0 Å². The molecule has 0 aliphatic carbocycles. The first-order valence-electron chi connectivity index (χ1n) is 0.565. The standard InChI is InChI=1S/HNO2S/c2-1(3)4/h(H,2,3,4). The normalized spacial score (nSPS) is 6.00. The van der Waals surface area contributed by atoms with Crippen LogP contribution in [0.2, 0.25) is 0 Å². The van der Waals surface area contributed by atoms with Crippen LogP contribution in [0.25, 0.3) is 0 Å². The van der Waals surface area contributed by atoms with Crippen LogP contribution in [-0.4, -0.2) is 9.54 Å². The van der Waals surface area contributed by atoms with Crippen molar-refractivity contribution in [1.82, 2.24) is 0 Å². The monoisotopic (exact) mass is 79.0 g/mol. The largest absolute Gasteiger partial charge is 0.306 e. The second kappa shape index (κ2) is 1.00. The lowest BCUT2D eigenvalue weighted by Gasteiger charge is -1.64. The Morgan fingerprint density at radius 3 is 2.00 bits per heavy atom. The maximum Gasteiger partial charge on any atom is 0.119 e. The third-order valence-corrected chi connectivity index (χ3v) is 0. The van der Waals surface area contributed by atoms with Gasteiger partial charge in [0.25, 0.3) is 0 Å². The van der Waals surface area contributed by atoms with Gasteiger partial charge in [-0.2, -0.15) is 0 Å². The molecule has 0 aliphatic heterocycles. The Balaban J connectivity index is 2.80. The van der Waals surface area contributed by atoms with Gasteiger partial charge in [0.15, 0.2) is 0 Å². The molecule has 24 valence electrons. The van der Waals surface area contributed by atoms with Gasteiger partial charge in [0.1, 0.15) is 4.33 Å². The average molecular weight is 79.1 g/mol. The Kier molecular flexibility index (Phi) is 0.907. The Morgan fingerprint density at radius 2 is 2.00 bits per heavy atom.